The summed E-state index contributed by atoms with van der Waals surface area (Å²) >= 11 is 0. The van der Waals surface area contributed by atoms with Crippen molar-refractivity contribution in [2.75, 3.05) is 16.8 Å². The molecule has 3 nitrogen and oxygen atoms in total. The van der Waals surface area contributed by atoms with Gasteiger partial charge in [-0.2, -0.15) is 0 Å². The number of halogens is 5. The molecule has 0 atom stereocenters. The van der Waals surface area contributed by atoms with Gasteiger partial charge in [0.1, 0.15) is 15.5 Å². The van der Waals surface area contributed by atoms with Crippen LogP contribution in [0.3, 0.4) is 0 Å². The first-order valence-corrected chi connectivity index (χ1v) is 7.53. The van der Waals surface area contributed by atoms with Gasteiger partial charge in [0.25, 0.3) is 0 Å². The Labute approximate surface area is 111 Å². The van der Waals surface area contributed by atoms with Gasteiger partial charge >= 0.3 is 0 Å². The fourth-order valence-corrected chi connectivity index (χ4v) is 3.46. The van der Waals surface area contributed by atoms with Crippen LogP contribution >= 0.6 is 0 Å². The Morgan fingerprint density at radius 3 is 1.65 bits per heavy atom. The molecule has 0 spiro atoms. The highest BCUT2D eigenvalue weighted by Crippen LogP contribution is 2.29. The lowest BCUT2D eigenvalue weighted by Gasteiger charge is -2.24. The summed E-state index contributed by atoms with van der Waals surface area (Å²) in [4.78, 5) is 0. The van der Waals surface area contributed by atoms with Crippen LogP contribution in [-0.2, 0) is 9.84 Å². The minimum Gasteiger partial charge on any atom is -0.377 e. The normalized spacial score (nSPS) is 19.1. The molecule has 2 rings (SSSR count). The van der Waals surface area contributed by atoms with E-state index in [1.54, 1.807) is 0 Å². The van der Waals surface area contributed by atoms with E-state index in [0.29, 0.717) is 0 Å². The fourth-order valence-electron chi connectivity index (χ4n) is 1.97. The second kappa shape index (κ2) is 5.19. The topological polar surface area (TPSA) is 46.2 Å². The largest absolute Gasteiger partial charge is 0.377 e. The zero-order valence-corrected chi connectivity index (χ0v) is 10.8. The molecule has 1 heterocycles. The third kappa shape index (κ3) is 2.72. The van der Waals surface area contributed by atoms with Crippen LogP contribution < -0.4 is 5.32 Å². The third-order valence-electron chi connectivity index (χ3n) is 3.11. The Hall–Kier alpha value is -1.38. The summed E-state index contributed by atoms with van der Waals surface area (Å²) in [6.45, 7) is 0. The quantitative estimate of drug-likeness (QED) is 0.518. The van der Waals surface area contributed by atoms with Crippen LogP contribution in [0.15, 0.2) is 0 Å². The number of hydrogen-bond acceptors (Lipinski definition) is 3. The standard InChI is InChI=1S/C11H10F5NO2S/c12-6-7(13)9(15)11(10(16)8(6)14)17-5-1-3-20(18,19)4-2-5/h5,17H,1-4H2. The van der Waals surface area contributed by atoms with Gasteiger partial charge in [0.15, 0.2) is 23.3 Å². The maximum atomic E-state index is 13.4. The molecule has 20 heavy (non-hydrogen) atoms. The average Bonchev–Trinajstić information content (AvgIpc) is 2.41. The second-order valence-corrected chi connectivity index (χ2v) is 6.82. The molecule has 0 unspecified atom stereocenters. The van der Waals surface area contributed by atoms with Crippen LogP contribution in [0.4, 0.5) is 27.6 Å². The van der Waals surface area contributed by atoms with E-state index in [0.717, 1.165) is 0 Å². The fraction of sp³-hybridized carbons (Fsp3) is 0.455. The molecule has 0 aromatic heterocycles. The van der Waals surface area contributed by atoms with Gasteiger partial charge in [0, 0.05) is 6.04 Å². The van der Waals surface area contributed by atoms with Gasteiger partial charge in [-0.15, -0.1) is 0 Å². The molecule has 0 radical (unpaired) electrons. The van der Waals surface area contributed by atoms with Crippen molar-refractivity contribution < 1.29 is 30.4 Å². The molecule has 0 bridgehead atoms. The number of benzene rings is 1. The van der Waals surface area contributed by atoms with Crippen molar-refractivity contribution in [3.8, 4) is 0 Å². The Balaban J connectivity index is 2.27. The Morgan fingerprint density at radius 1 is 0.800 bits per heavy atom. The first-order chi connectivity index (χ1) is 9.23. The van der Waals surface area contributed by atoms with Crippen LogP contribution in [0.1, 0.15) is 12.8 Å². The number of rotatable bonds is 2. The van der Waals surface area contributed by atoms with E-state index in [9.17, 15) is 30.4 Å². The molecule has 1 N–H and O–H groups in total. The predicted octanol–water partition coefficient (Wildman–Crippen LogP) is 2.37. The van der Waals surface area contributed by atoms with Gasteiger partial charge in [0.2, 0.25) is 5.82 Å². The highest BCUT2D eigenvalue weighted by atomic mass is 32.2. The minimum atomic E-state index is -3.19. The van der Waals surface area contributed by atoms with Gasteiger partial charge in [-0.05, 0) is 12.8 Å². The lowest BCUT2D eigenvalue weighted by Crippen LogP contribution is -2.33. The van der Waals surface area contributed by atoms with Crippen molar-refractivity contribution in [2.24, 2.45) is 0 Å². The molecule has 112 valence electrons. The number of hydrogen-bond donors (Lipinski definition) is 1. The zero-order chi connectivity index (χ0) is 15.1. The number of anilines is 1. The summed E-state index contributed by atoms with van der Waals surface area (Å²) < 4.78 is 88.0. The number of nitrogens with one attached hydrogen (secondary N) is 1. The van der Waals surface area contributed by atoms with Crippen LogP contribution in [0.2, 0.25) is 0 Å². The maximum absolute atomic E-state index is 13.4. The third-order valence-corrected chi connectivity index (χ3v) is 4.83. The summed E-state index contributed by atoms with van der Waals surface area (Å²) in [6, 6.07) is -0.660. The smallest absolute Gasteiger partial charge is 0.200 e. The van der Waals surface area contributed by atoms with Crippen LogP contribution in [-0.4, -0.2) is 26.0 Å². The summed E-state index contributed by atoms with van der Waals surface area (Å²) in [5.41, 5.74) is -1.12. The first kappa shape index (κ1) is 15.0. The molecule has 1 fully saturated rings. The number of sulfone groups is 1. The monoisotopic (exact) mass is 315 g/mol. The summed E-state index contributed by atoms with van der Waals surface area (Å²) in [5.74, 6) is -10.6. The summed E-state index contributed by atoms with van der Waals surface area (Å²) in [5, 5.41) is 2.20. The van der Waals surface area contributed by atoms with Crippen molar-refractivity contribution in [2.45, 2.75) is 18.9 Å². The summed E-state index contributed by atoms with van der Waals surface area (Å²) in [6.07, 6.45) is 0.0870. The Morgan fingerprint density at radius 2 is 1.20 bits per heavy atom. The lowest BCUT2D eigenvalue weighted by atomic mass is 10.1. The molecule has 9 heteroatoms. The zero-order valence-electron chi connectivity index (χ0n) is 10.0. The van der Waals surface area contributed by atoms with E-state index in [-0.39, 0.29) is 24.3 Å². The summed E-state index contributed by atoms with van der Waals surface area (Å²) in [7, 11) is -3.19. The molecule has 1 aliphatic heterocycles. The highest BCUT2D eigenvalue weighted by molar-refractivity contribution is 7.91. The highest BCUT2D eigenvalue weighted by Gasteiger charge is 2.29. The Kier molecular flexibility index (Phi) is 3.90. The van der Waals surface area contributed by atoms with E-state index in [1.165, 1.54) is 0 Å². The molecule has 1 aromatic rings. The molecular formula is C11H10F5NO2S. The predicted molar refractivity (Wildman–Crippen MR) is 61.5 cm³/mol. The molecule has 1 saturated heterocycles. The first-order valence-electron chi connectivity index (χ1n) is 5.71. The van der Waals surface area contributed by atoms with Crippen molar-refractivity contribution in [1.82, 2.24) is 0 Å². The van der Waals surface area contributed by atoms with Crippen LogP contribution in [0.25, 0.3) is 0 Å². The van der Waals surface area contributed by atoms with Crippen LogP contribution in [0, 0.1) is 29.1 Å². The van der Waals surface area contributed by atoms with E-state index in [1.807, 2.05) is 0 Å². The lowest BCUT2D eigenvalue weighted by molar-refractivity contribution is 0.380. The molecule has 1 aromatic carbocycles. The van der Waals surface area contributed by atoms with Gasteiger partial charge in [-0.1, -0.05) is 0 Å². The van der Waals surface area contributed by atoms with Crippen molar-refractivity contribution >= 4 is 15.5 Å². The van der Waals surface area contributed by atoms with Crippen molar-refractivity contribution in [3.05, 3.63) is 29.1 Å². The van der Waals surface area contributed by atoms with E-state index < -0.39 is 50.7 Å². The molecule has 0 aliphatic carbocycles. The van der Waals surface area contributed by atoms with E-state index >= 15 is 0 Å². The molecule has 0 amide bonds. The average molecular weight is 315 g/mol. The second-order valence-electron chi connectivity index (χ2n) is 4.52. The Bertz CT molecular complexity index is 604. The SMILES string of the molecule is O=S1(=O)CCC(Nc2c(F)c(F)c(F)c(F)c2F)CC1. The van der Waals surface area contributed by atoms with Crippen LogP contribution in [0.5, 0.6) is 0 Å². The van der Waals surface area contributed by atoms with Crippen molar-refractivity contribution in [1.29, 1.82) is 0 Å². The van der Waals surface area contributed by atoms with Crippen molar-refractivity contribution in [3.63, 3.8) is 0 Å². The molecular weight excluding hydrogens is 305 g/mol. The van der Waals surface area contributed by atoms with Gasteiger partial charge in [-0.25, -0.2) is 30.4 Å². The van der Waals surface area contributed by atoms with Gasteiger partial charge in [-0.3, -0.25) is 0 Å². The van der Waals surface area contributed by atoms with Gasteiger partial charge < -0.3 is 5.32 Å². The van der Waals surface area contributed by atoms with Gasteiger partial charge in [0.05, 0.1) is 11.5 Å². The molecule has 1 aliphatic rings. The minimum absolute atomic E-state index is 0.0435. The maximum Gasteiger partial charge on any atom is 0.200 e. The van der Waals surface area contributed by atoms with E-state index in [4.69, 9.17) is 0 Å². The molecule has 0 saturated carbocycles. The van der Waals surface area contributed by atoms with E-state index in [2.05, 4.69) is 5.32 Å².